The van der Waals surface area contributed by atoms with Gasteiger partial charge in [0.1, 0.15) is 4.88 Å². The summed E-state index contributed by atoms with van der Waals surface area (Å²) in [4.78, 5) is 23.4. The second kappa shape index (κ2) is 7.65. The first-order valence-electron chi connectivity index (χ1n) is 8.68. The molecule has 0 aliphatic carbocycles. The lowest BCUT2D eigenvalue weighted by atomic mass is 10.1. The van der Waals surface area contributed by atoms with Crippen LogP contribution in [0, 0.1) is 17.0 Å². The summed E-state index contributed by atoms with van der Waals surface area (Å²) in [5.41, 5.74) is 2.26. The van der Waals surface area contributed by atoms with E-state index in [1.807, 2.05) is 31.2 Å². The third kappa shape index (κ3) is 3.85. The number of rotatable bonds is 5. The maximum atomic E-state index is 12.7. The lowest BCUT2D eigenvalue weighted by Gasteiger charge is -2.05. The Morgan fingerprint density at radius 3 is 2.83 bits per heavy atom. The van der Waals surface area contributed by atoms with Crippen LogP contribution in [0.25, 0.3) is 10.1 Å². The van der Waals surface area contributed by atoms with Crippen molar-refractivity contribution in [2.24, 2.45) is 0 Å². The minimum atomic E-state index is -0.478. The van der Waals surface area contributed by atoms with Crippen molar-refractivity contribution >= 4 is 50.4 Å². The molecule has 0 fully saturated rings. The Morgan fingerprint density at radius 1 is 1.28 bits per heavy atom. The fourth-order valence-corrected chi connectivity index (χ4v) is 4.41. The van der Waals surface area contributed by atoms with Gasteiger partial charge < -0.3 is 5.32 Å². The summed E-state index contributed by atoms with van der Waals surface area (Å²) in [6.45, 7) is 2.63. The Balaban J connectivity index is 1.54. The van der Waals surface area contributed by atoms with E-state index in [-0.39, 0.29) is 15.6 Å². The molecule has 146 valence electrons. The highest BCUT2D eigenvalue weighted by Crippen LogP contribution is 2.37. The summed E-state index contributed by atoms with van der Waals surface area (Å²) in [6.07, 6.45) is 1.79. The summed E-state index contributed by atoms with van der Waals surface area (Å²) in [5, 5.41) is 19.0. The van der Waals surface area contributed by atoms with Crippen LogP contribution in [-0.4, -0.2) is 20.6 Å². The molecule has 0 radical (unpaired) electrons. The van der Waals surface area contributed by atoms with Crippen LogP contribution in [-0.2, 0) is 6.54 Å². The standard InChI is InChI=1S/C20H15ClN4O3S/c1-12-4-2-3-5-13(12)11-24-9-8-17(23-24)22-20(26)19-18(21)15-7-6-14(25(27)28)10-16(15)29-19/h2-10H,11H2,1H3,(H,22,23,26). The number of nitrogens with one attached hydrogen (secondary N) is 1. The zero-order valence-corrected chi connectivity index (χ0v) is 16.8. The van der Waals surface area contributed by atoms with Gasteiger partial charge in [-0.3, -0.25) is 19.6 Å². The first-order valence-corrected chi connectivity index (χ1v) is 9.87. The summed E-state index contributed by atoms with van der Waals surface area (Å²) < 4.78 is 2.33. The van der Waals surface area contributed by atoms with Crippen LogP contribution < -0.4 is 5.32 Å². The monoisotopic (exact) mass is 426 g/mol. The van der Waals surface area contributed by atoms with Gasteiger partial charge in [0.2, 0.25) is 0 Å². The van der Waals surface area contributed by atoms with Gasteiger partial charge in [-0.1, -0.05) is 35.9 Å². The number of carbonyl (C=O) groups is 1. The lowest BCUT2D eigenvalue weighted by molar-refractivity contribution is -0.384. The van der Waals surface area contributed by atoms with Crippen LogP contribution in [0.15, 0.2) is 54.7 Å². The maximum Gasteiger partial charge on any atom is 0.270 e. The number of thiophene rings is 1. The second-order valence-corrected chi connectivity index (χ2v) is 7.89. The molecule has 0 bridgehead atoms. The van der Waals surface area contributed by atoms with Gasteiger partial charge >= 0.3 is 0 Å². The van der Waals surface area contributed by atoms with Gasteiger partial charge in [0.15, 0.2) is 5.82 Å². The molecule has 2 aromatic heterocycles. The molecule has 0 saturated heterocycles. The van der Waals surface area contributed by atoms with Crippen molar-refractivity contribution in [1.29, 1.82) is 0 Å². The minimum absolute atomic E-state index is 0.0441. The summed E-state index contributed by atoms with van der Waals surface area (Å²) in [5.74, 6) is 0.00285. The van der Waals surface area contributed by atoms with Gasteiger partial charge in [-0.2, -0.15) is 5.10 Å². The lowest BCUT2D eigenvalue weighted by Crippen LogP contribution is -2.12. The molecule has 4 rings (SSSR count). The van der Waals surface area contributed by atoms with Gasteiger partial charge in [-0.05, 0) is 24.1 Å². The number of aryl methyl sites for hydroxylation is 1. The Morgan fingerprint density at radius 2 is 2.07 bits per heavy atom. The number of fused-ring (bicyclic) bond motifs is 1. The van der Waals surface area contributed by atoms with Crippen LogP contribution in [0.1, 0.15) is 20.8 Å². The van der Waals surface area contributed by atoms with E-state index in [9.17, 15) is 14.9 Å². The average molecular weight is 427 g/mol. The zero-order chi connectivity index (χ0) is 20.5. The first-order chi connectivity index (χ1) is 13.9. The third-order valence-electron chi connectivity index (χ3n) is 4.51. The molecule has 1 N–H and O–H groups in total. The smallest absolute Gasteiger partial charge is 0.270 e. The zero-order valence-electron chi connectivity index (χ0n) is 15.3. The number of benzene rings is 2. The molecule has 4 aromatic rings. The fourth-order valence-electron chi connectivity index (χ4n) is 2.96. The average Bonchev–Trinajstić information content (AvgIpc) is 3.27. The number of hydrogen-bond donors (Lipinski definition) is 1. The van der Waals surface area contributed by atoms with Crippen LogP contribution in [0.2, 0.25) is 5.02 Å². The molecule has 0 unspecified atom stereocenters. The number of halogens is 1. The molecule has 7 nitrogen and oxygen atoms in total. The van der Waals surface area contributed by atoms with Crippen molar-refractivity contribution in [3.05, 3.63) is 85.9 Å². The molecular weight excluding hydrogens is 412 g/mol. The summed E-state index contributed by atoms with van der Waals surface area (Å²) in [6, 6.07) is 14.1. The topological polar surface area (TPSA) is 90.1 Å². The van der Waals surface area contributed by atoms with Crippen molar-refractivity contribution in [3.8, 4) is 0 Å². The molecule has 1 amide bonds. The first kappa shape index (κ1) is 19.1. The Bertz CT molecular complexity index is 1250. The number of carbonyl (C=O) groups excluding carboxylic acids is 1. The van der Waals surface area contributed by atoms with E-state index < -0.39 is 10.8 Å². The SMILES string of the molecule is Cc1ccccc1Cn1ccc(NC(=O)c2sc3cc([N+](=O)[O-])ccc3c2Cl)n1. The number of non-ortho nitro benzene ring substituents is 1. The van der Waals surface area contributed by atoms with Crippen molar-refractivity contribution in [2.45, 2.75) is 13.5 Å². The van der Waals surface area contributed by atoms with E-state index in [1.54, 1.807) is 23.0 Å². The Labute approximate surface area is 174 Å². The molecule has 0 saturated carbocycles. The van der Waals surface area contributed by atoms with E-state index >= 15 is 0 Å². The molecule has 29 heavy (non-hydrogen) atoms. The second-order valence-electron chi connectivity index (χ2n) is 6.46. The molecule has 0 spiro atoms. The van der Waals surface area contributed by atoms with Gasteiger partial charge in [0.25, 0.3) is 11.6 Å². The number of nitrogens with zero attached hydrogens (tertiary/aromatic N) is 3. The van der Waals surface area contributed by atoms with Gasteiger partial charge in [-0.15, -0.1) is 11.3 Å². The van der Waals surface area contributed by atoms with Crippen LogP contribution in [0.3, 0.4) is 0 Å². The minimum Gasteiger partial charge on any atom is -0.304 e. The quantitative estimate of drug-likeness (QED) is 0.347. The molecule has 0 aliphatic heterocycles. The van der Waals surface area contributed by atoms with Gasteiger partial charge in [0, 0.05) is 34.5 Å². The van der Waals surface area contributed by atoms with Crippen molar-refractivity contribution in [3.63, 3.8) is 0 Å². The number of amides is 1. The van der Waals surface area contributed by atoms with E-state index in [2.05, 4.69) is 10.4 Å². The Hall–Kier alpha value is -3.23. The van der Waals surface area contributed by atoms with Crippen molar-refractivity contribution in [1.82, 2.24) is 9.78 Å². The molecule has 9 heteroatoms. The number of anilines is 1. The fraction of sp³-hybridized carbons (Fsp3) is 0.100. The number of hydrogen-bond acceptors (Lipinski definition) is 5. The van der Waals surface area contributed by atoms with E-state index in [1.165, 1.54) is 17.7 Å². The molecule has 0 aliphatic rings. The van der Waals surface area contributed by atoms with E-state index in [0.29, 0.717) is 22.4 Å². The van der Waals surface area contributed by atoms with E-state index in [4.69, 9.17) is 11.6 Å². The van der Waals surface area contributed by atoms with E-state index in [0.717, 1.165) is 16.9 Å². The maximum absolute atomic E-state index is 12.7. The molecule has 2 aromatic carbocycles. The number of aromatic nitrogens is 2. The predicted molar refractivity (Wildman–Crippen MR) is 114 cm³/mol. The van der Waals surface area contributed by atoms with Crippen LogP contribution in [0.4, 0.5) is 11.5 Å². The molecule has 0 atom stereocenters. The summed E-state index contributed by atoms with van der Waals surface area (Å²) >= 11 is 7.45. The van der Waals surface area contributed by atoms with Crippen LogP contribution in [0.5, 0.6) is 0 Å². The number of nitro groups is 1. The highest BCUT2D eigenvalue weighted by Gasteiger charge is 2.20. The van der Waals surface area contributed by atoms with Gasteiger partial charge in [0.05, 0.1) is 16.5 Å². The summed E-state index contributed by atoms with van der Waals surface area (Å²) in [7, 11) is 0. The highest BCUT2D eigenvalue weighted by atomic mass is 35.5. The van der Waals surface area contributed by atoms with Gasteiger partial charge in [-0.25, -0.2) is 0 Å². The third-order valence-corrected chi connectivity index (χ3v) is 6.16. The highest BCUT2D eigenvalue weighted by molar-refractivity contribution is 7.21. The van der Waals surface area contributed by atoms with Crippen LogP contribution >= 0.6 is 22.9 Å². The molecule has 2 heterocycles. The normalized spacial score (nSPS) is 11.0. The Kier molecular flexibility index (Phi) is 5.04. The predicted octanol–water partition coefficient (Wildman–Crippen LogP) is 5.27. The van der Waals surface area contributed by atoms with Crippen molar-refractivity contribution < 1.29 is 9.72 Å². The number of nitro benzene ring substituents is 1. The molecular formula is C20H15ClN4O3S. The largest absolute Gasteiger partial charge is 0.304 e. The van der Waals surface area contributed by atoms with Crippen molar-refractivity contribution in [2.75, 3.05) is 5.32 Å².